The highest BCUT2D eigenvalue weighted by Crippen LogP contribution is 2.43. The normalized spacial score (nSPS) is 11.6. The molecule has 1 aromatic heterocycles. The number of hydrogen-bond donors (Lipinski definition) is 0. The highest BCUT2D eigenvalue weighted by atomic mass is 15.1. The Bertz CT molecular complexity index is 3260. The van der Waals surface area contributed by atoms with Crippen LogP contribution in [0.3, 0.4) is 0 Å². The van der Waals surface area contributed by atoms with Crippen molar-refractivity contribution in [1.29, 1.82) is 0 Å². The molecule has 0 saturated carbocycles. The fourth-order valence-electron chi connectivity index (χ4n) is 8.79. The molecule has 56 heavy (non-hydrogen) atoms. The molecule has 0 N–H and O–H groups in total. The van der Waals surface area contributed by atoms with Gasteiger partial charge in [0.25, 0.3) is 0 Å². The van der Waals surface area contributed by atoms with Gasteiger partial charge in [-0.25, -0.2) is 0 Å². The van der Waals surface area contributed by atoms with Gasteiger partial charge in [-0.15, -0.1) is 0 Å². The molecule has 0 spiro atoms. The first-order valence-electron chi connectivity index (χ1n) is 19.3. The number of hydrogen-bond acceptors (Lipinski definition) is 1. The van der Waals surface area contributed by atoms with Gasteiger partial charge in [0.15, 0.2) is 0 Å². The monoisotopic (exact) mass is 712 g/mol. The molecule has 2 nitrogen and oxygen atoms in total. The van der Waals surface area contributed by atoms with Crippen molar-refractivity contribution in [3.63, 3.8) is 0 Å². The number of para-hydroxylation sites is 2. The molecule has 0 atom stereocenters. The first-order chi connectivity index (χ1) is 27.8. The van der Waals surface area contributed by atoms with E-state index in [4.69, 9.17) is 0 Å². The van der Waals surface area contributed by atoms with E-state index in [0.717, 1.165) is 28.3 Å². The van der Waals surface area contributed by atoms with Gasteiger partial charge >= 0.3 is 0 Å². The molecule has 11 aromatic rings. The van der Waals surface area contributed by atoms with Crippen LogP contribution in [-0.2, 0) is 0 Å². The Balaban J connectivity index is 1.08. The lowest BCUT2D eigenvalue weighted by atomic mass is 9.92. The highest BCUT2D eigenvalue weighted by molar-refractivity contribution is 6.25. The molecule has 0 aliphatic rings. The zero-order valence-corrected chi connectivity index (χ0v) is 30.7. The molecule has 1 heterocycles. The Morgan fingerprint density at radius 1 is 0.304 bits per heavy atom. The van der Waals surface area contributed by atoms with Gasteiger partial charge in [-0.05, 0) is 115 Å². The SMILES string of the molecule is c1ccc(N(c2cccc(-c3cccc(-n4c5ccccc5c5c6c(-c7cccc8ccccc78)cccc6ccc54)c3)c2)c2ccc3ccccc3c2)cc1. The summed E-state index contributed by atoms with van der Waals surface area (Å²) in [7, 11) is 0. The molecule has 2 heteroatoms. The van der Waals surface area contributed by atoms with Gasteiger partial charge in [0.1, 0.15) is 0 Å². The second-order valence-corrected chi connectivity index (χ2v) is 14.5. The average molecular weight is 713 g/mol. The predicted octanol–water partition coefficient (Wildman–Crippen LogP) is 15.0. The second-order valence-electron chi connectivity index (χ2n) is 14.5. The summed E-state index contributed by atoms with van der Waals surface area (Å²) in [6.07, 6.45) is 0. The number of nitrogens with zero attached hydrogens (tertiary/aromatic N) is 2. The summed E-state index contributed by atoms with van der Waals surface area (Å²) in [4.78, 5) is 2.35. The van der Waals surface area contributed by atoms with Gasteiger partial charge in [-0.1, -0.05) is 158 Å². The lowest BCUT2D eigenvalue weighted by molar-refractivity contribution is 1.18. The van der Waals surface area contributed by atoms with E-state index in [1.54, 1.807) is 0 Å². The molecule has 0 bridgehead atoms. The van der Waals surface area contributed by atoms with Crippen molar-refractivity contribution >= 4 is 71.2 Å². The van der Waals surface area contributed by atoms with Gasteiger partial charge < -0.3 is 9.47 Å². The standard InChI is InChI=1S/C54H36N2/c1-2-21-43(22-3-1)55(46-32-30-37-14-4-5-16-40(37)34-46)44-23-10-19-41(35-44)42-20-11-24-45(36-42)56-51-29-9-8-26-50(51)54-52(56)33-31-39-18-13-28-49(53(39)54)48-27-12-17-38-15-6-7-25-47(38)48/h1-36H. The van der Waals surface area contributed by atoms with Crippen molar-refractivity contribution in [2.24, 2.45) is 0 Å². The molecule has 0 aliphatic carbocycles. The van der Waals surface area contributed by atoms with Crippen LogP contribution in [0.5, 0.6) is 0 Å². The van der Waals surface area contributed by atoms with Crippen LogP contribution in [-0.4, -0.2) is 4.57 Å². The Morgan fingerprint density at radius 2 is 0.911 bits per heavy atom. The smallest absolute Gasteiger partial charge is 0.0547 e. The van der Waals surface area contributed by atoms with Crippen molar-refractivity contribution in [1.82, 2.24) is 4.57 Å². The fraction of sp³-hybridized carbons (Fsp3) is 0. The van der Waals surface area contributed by atoms with Crippen molar-refractivity contribution in [2.45, 2.75) is 0 Å². The number of rotatable bonds is 6. The predicted molar refractivity (Wildman–Crippen MR) is 239 cm³/mol. The minimum absolute atomic E-state index is 1.11. The number of anilines is 3. The van der Waals surface area contributed by atoms with E-state index in [0.29, 0.717) is 0 Å². The third kappa shape index (κ3) is 5.26. The molecule has 0 saturated heterocycles. The van der Waals surface area contributed by atoms with Gasteiger partial charge in [-0.2, -0.15) is 0 Å². The molecule has 0 amide bonds. The van der Waals surface area contributed by atoms with Crippen LogP contribution in [0.2, 0.25) is 0 Å². The zero-order chi connectivity index (χ0) is 37.0. The summed E-state index contributed by atoms with van der Waals surface area (Å²) in [5, 5.41) is 10.0. The lowest BCUT2D eigenvalue weighted by Crippen LogP contribution is -2.09. The van der Waals surface area contributed by atoms with Gasteiger partial charge in [0.2, 0.25) is 0 Å². The quantitative estimate of drug-likeness (QED) is 0.167. The number of fused-ring (bicyclic) bond motifs is 7. The third-order valence-electron chi connectivity index (χ3n) is 11.3. The highest BCUT2D eigenvalue weighted by Gasteiger charge is 2.19. The van der Waals surface area contributed by atoms with Crippen molar-refractivity contribution < 1.29 is 0 Å². The van der Waals surface area contributed by atoms with Crippen LogP contribution in [0.1, 0.15) is 0 Å². The van der Waals surface area contributed by atoms with E-state index >= 15 is 0 Å². The van der Waals surface area contributed by atoms with Crippen LogP contribution >= 0.6 is 0 Å². The summed E-state index contributed by atoms with van der Waals surface area (Å²) < 4.78 is 2.45. The van der Waals surface area contributed by atoms with Gasteiger partial charge in [-0.3, -0.25) is 0 Å². The second kappa shape index (κ2) is 13.2. The summed E-state index contributed by atoms with van der Waals surface area (Å²) in [6.45, 7) is 0. The summed E-state index contributed by atoms with van der Waals surface area (Å²) in [5.41, 5.74) is 11.7. The average Bonchev–Trinajstić information content (AvgIpc) is 3.61. The molecule has 0 unspecified atom stereocenters. The molecule has 10 aromatic carbocycles. The largest absolute Gasteiger partial charge is 0.310 e. The van der Waals surface area contributed by atoms with Crippen molar-refractivity contribution in [2.75, 3.05) is 4.90 Å². The van der Waals surface area contributed by atoms with Crippen LogP contribution in [0.25, 0.3) is 82.1 Å². The molecular formula is C54H36N2. The Labute approximate surface area is 325 Å². The first-order valence-corrected chi connectivity index (χ1v) is 19.3. The van der Waals surface area contributed by atoms with E-state index in [9.17, 15) is 0 Å². The molecule has 0 fully saturated rings. The van der Waals surface area contributed by atoms with Crippen molar-refractivity contribution in [3.05, 3.63) is 218 Å². The summed E-state index contributed by atoms with van der Waals surface area (Å²) in [6, 6.07) is 79.4. The van der Waals surface area contributed by atoms with Crippen molar-refractivity contribution in [3.8, 4) is 27.9 Å². The van der Waals surface area contributed by atoms with Gasteiger partial charge in [0, 0.05) is 33.5 Å². The Hall–Kier alpha value is -7.42. The molecule has 262 valence electrons. The third-order valence-corrected chi connectivity index (χ3v) is 11.3. The topological polar surface area (TPSA) is 8.17 Å². The van der Waals surface area contributed by atoms with E-state index in [1.807, 2.05) is 0 Å². The molecule has 11 rings (SSSR count). The first kappa shape index (κ1) is 32.0. The van der Waals surface area contributed by atoms with Crippen LogP contribution in [0.4, 0.5) is 17.1 Å². The maximum absolute atomic E-state index is 2.45. The minimum atomic E-state index is 1.11. The lowest BCUT2D eigenvalue weighted by Gasteiger charge is -2.26. The molecule has 0 aliphatic heterocycles. The fourth-order valence-corrected chi connectivity index (χ4v) is 8.79. The summed E-state index contributed by atoms with van der Waals surface area (Å²) >= 11 is 0. The van der Waals surface area contributed by atoms with E-state index in [-0.39, 0.29) is 0 Å². The van der Waals surface area contributed by atoms with E-state index in [1.165, 1.54) is 70.8 Å². The maximum Gasteiger partial charge on any atom is 0.0547 e. The van der Waals surface area contributed by atoms with Crippen LogP contribution in [0.15, 0.2) is 218 Å². The minimum Gasteiger partial charge on any atom is -0.310 e. The Morgan fingerprint density at radius 3 is 1.79 bits per heavy atom. The van der Waals surface area contributed by atoms with Crippen LogP contribution in [0, 0.1) is 0 Å². The molecule has 0 radical (unpaired) electrons. The van der Waals surface area contributed by atoms with E-state index < -0.39 is 0 Å². The molecular weight excluding hydrogens is 677 g/mol. The number of aromatic nitrogens is 1. The summed E-state index contributed by atoms with van der Waals surface area (Å²) in [5.74, 6) is 0. The maximum atomic E-state index is 2.45. The Kier molecular flexibility index (Phi) is 7.53. The zero-order valence-electron chi connectivity index (χ0n) is 30.7. The van der Waals surface area contributed by atoms with E-state index in [2.05, 4.69) is 228 Å². The number of benzene rings is 10. The van der Waals surface area contributed by atoms with Gasteiger partial charge in [0.05, 0.1) is 11.0 Å². The van der Waals surface area contributed by atoms with Crippen LogP contribution < -0.4 is 4.90 Å².